The summed E-state index contributed by atoms with van der Waals surface area (Å²) in [6, 6.07) is -0.414. The molecule has 0 aromatic carbocycles. The van der Waals surface area contributed by atoms with Crippen LogP contribution in [-0.4, -0.2) is 41.5 Å². The number of nitrogens with zero attached hydrogens (tertiary/aromatic N) is 2. The molecule has 0 aliphatic carbocycles. The number of carbonyl (C=O) groups excluding carboxylic acids is 1. The van der Waals surface area contributed by atoms with Crippen molar-refractivity contribution < 1.29 is 4.79 Å². The van der Waals surface area contributed by atoms with Gasteiger partial charge in [0.1, 0.15) is 0 Å². The maximum atomic E-state index is 11.5. The highest BCUT2D eigenvalue weighted by Crippen LogP contribution is 2.19. The van der Waals surface area contributed by atoms with Gasteiger partial charge in [-0.15, -0.1) is 36.2 Å². The van der Waals surface area contributed by atoms with Crippen LogP contribution in [0.25, 0.3) is 0 Å². The molecule has 3 N–H and O–H groups in total. The summed E-state index contributed by atoms with van der Waals surface area (Å²) in [4.78, 5) is 18.6. The highest BCUT2D eigenvalue weighted by Gasteiger charge is 2.20. The molecule has 0 saturated carbocycles. The van der Waals surface area contributed by atoms with Gasteiger partial charge in [-0.05, 0) is 45.2 Å². The fourth-order valence-corrected chi connectivity index (χ4v) is 3.30. The van der Waals surface area contributed by atoms with Gasteiger partial charge < -0.3 is 11.1 Å². The Morgan fingerprint density at radius 2 is 2.13 bits per heavy atom. The van der Waals surface area contributed by atoms with Crippen molar-refractivity contribution in [3.8, 4) is 0 Å². The van der Waals surface area contributed by atoms with E-state index in [0.29, 0.717) is 5.92 Å². The molecule has 0 unspecified atom stereocenters. The third-order valence-corrected chi connectivity index (χ3v) is 5.02. The summed E-state index contributed by atoms with van der Waals surface area (Å²) < 4.78 is 0. The molecule has 1 aliphatic rings. The van der Waals surface area contributed by atoms with Crippen LogP contribution in [0.3, 0.4) is 0 Å². The number of thiazole rings is 1. The minimum atomic E-state index is -0.414. The second-order valence-corrected chi connectivity index (χ2v) is 6.78. The first kappa shape index (κ1) is 22.6. The highest BCUT2D eigenvalue weighted by molar-refractivity contribution is 7.09. The van der Waals surface area contributed by atoms with Gasteiger partial charge >= 0.3 is 0 Å². The van der Waals surface area contributed by atoms with Crippen molar-refractivity contribution >= 4 is 42.1 Å². The predicted octanol–water partition coefficient (Wildman–Crippen LogP) is 2.22. The van der Waals surface area contributed by atoms with Crippen molar-refractivity contribution in [2.75, 3.05) is 19.6 Å². The molecule has 23 heavy (non-hydrogen) atoms. The Bertz CT molecular complexity index is 462. The van der Waals surface area contributed by atoms with Crippen molar-refractivity contribution in [3.63, 3.8) is 0 Å². The van der Waals surface area contributed by atoms with Gasteiger partial charge in [0.25, 0.3) is 0 Å². The Kier molecular flexibility index (Phi) is 11.0. The van der Waals surface area contributed by atoms with Gasteiger partial charge in [0, 0.05) is 18.5 Å². The quantitative estimate of drug-likeness (QED) is 0.790. The average Bonchev–Trinajstić information content (AvgIpc) is 2.93. The molecule has 1 fully saturated rings. The van der Waals surface area contributed by atoms with Crippen molar-refractivity contribution in [3.05, 3.63) is 16.1 Å². The van der Waals surface area contributed by atoms with Gasteiger partial charge in [-0.3, -0.25) is 9.69 Å². The molecule has 1 amide bonds. The molecule has 134 valence electrons. The number of aryl methyl sites for hydroxylation is 1. The van der Waals surface area contributed by atoms with E-state index in [1.807, 2.05) is 0 Å². The van der Waals surface area contributed by atoms with Crippen LogP contribution < -0.4 is 11.1 Å². The molecule has 1 atom stereocenters. The molecule has 0 radical (unpaired) electrons. The minimum Gasteiger partial charge on any atom is -0.354 e. The standard InChI is InChI=1S/C15H26N4OS.2ClH/c1-3-14-18-13(10-21-14)9-19-6-4-12(5-7-19)8-17-15(20)11(2)16;;/h10-12H,3-9,16H2,1-2H3,(H,17,20);2*1H/t11-;;/m1../s1. The Morgan fingerprint density at radius 3 is 2.65 bits per heavy atom. The van der Waals surface area contributed by atoms with Crippen LogP contribution in [0.5, 0.6) is 0 Å². The summed E-state index contributed by atoms with van der Waals surface area (Å²) in [6.45, 7) is 7.73. The van der Waals surface area contributed by atoms with Crippen LogP contribution in [0.2, 0.25) is 0 Å². The third kappa shape index (κ3) is 7.35. The van der Waals surface area contributed by atoms with E-state index in [1.165, 1.54) is 10.7 Å². The molecular formula is C15H28Cl2N4OS. The lowest BCUT2D eigenvalue weighted by Gasteiger charge is -2.31. The summed E-state index contributed by atoms with van der Waals surface area (Å²) in [5, 5.41) is 6.33. The van der Waals surface area contributed by atoms with E-state index in [2.05, 4.69) is 27.5 Å². The van der Waals surface area contributed by atoms with Gasteiger partial charge in [-0.2, -0.15) is 0 Å². The van der Waals surface area contributed by atoms with E-state index in [0.717, 1.165) is 45.4 Å². The first-order valence-electron chi connectivity index (χ1n) is 7.77. The number of likely N-dealkylation sites (tertiary alicyclic amines) is 1. The van der Waals surface area contributed by atoms with Crippen molar-refractivity contribution in [2.45, 2.75) is 45.7 Å². The van der Waals surface area contributed by atoms with Crippen LogP contribution in [-0.2, 0) is 17.8 Å². The first-order chi connectivity index (χ1) is 10.1. The lowest BCUT2D eigenvalue weighted by Crippen LogP contribution is -2.43. The van der Waals surface area contributed by atoms with Crippen molar-refractivity contribution in [1.82, 2.24) is 15.2 Å². The summed E-state index contributed by atoms with van der Waals surface area (Å²) in [5.74, 6) is 0.526. The fourth-order valence-electron chi connectivity index (χ4n) is 2.57. The maximum absolute atomic E-state index is 11.5. The average molecular weight is 383 g/mol. The second kappa shape index (κ2) is 11.2. The van der Waals surface area contributed by atoms with Gasteiger partial charge in [0.2, 0.25) is 5.91 Å². The monoisotopic (exact) mass is 382 g/mol. The van der Waals surface area contributed by atoms with Crippen molar-refractivity contribution in [1.29, 1.82) is 0 Å². The Morgan fingerprint density at radius 1 is 1.48 bits per heavy atom. The number of nitrogens with one attached hydrogen (secondary N) is 1. The Balaban J connectivity index is 0.00000242. The molecule has 2 rings (SSSR count). The molecule has 0 spiro atoms. The van der Waals surface area contributed by atoms with E-state index in [-0.39, 0.29) is 30.7 Å². The van der Waals surface area contributed by atoms with Crippen LogP contribution in [0.15, 0.2) is 5.38 Å². The van der Waals surface area contributed by atoms with Crippen LogP contribution >= 0.6 is 36.2 Å². The molecule has 1 aromatic rings. The summed E-state index contributed by atoms with van der Waals surface area (Å²) in [5.41, 5.74) is 6.74. The molecule has 0 bridgehead atoms. The number of hydrogen-bond donors (Lipinski definition) is 2. The fraction of sp³-hybridized carbons (Fsp3) is 0.733. The molecule has 1 aromatic heterocycles. The summed E-state index contributed by atoms with van der Waals surface area (Å²) in [7, 11) is 0. The zero-order valence-corrected chi connectivity index (χ0v) is 16.2. The number of aromatic nitrogens is 1. The van der Waals surface area contributed by atoms with E-state index < -0.39 is 6.04 Å². The third-order valence-electron chi connectivity index (χ3n) is 3.97. The molecule has 1 saturated heterocycles. The topological polar surface area (TPSA) is 71.2 Å². The predicted molar refractivity (Wildman–Crippen MR) is 101 cm³/mol. The smallest absolute Gasteiger partial charge is 0.236 e. The summed E-state index contributed by atoms with van der Waals surface area (Å²) in [6.07, 6.45) is 3.28. The summed E-state index contributed by atoms with van der Waals surface area (Å²) >= 11 is 1.76. The minimum absolute atomic E-state index is 0. The second-order valence-electron chi connectivity index (χ2n) is 5.84. The SMILES string of the molecule is CCc1nc(CN2CCC(CNC(=O)[C@@H](C)N)CC2)cs1.Cl.Cl. The number of hydrogen-bond acceptors (Lipinski definition) is 5. The molecule has 1 aliphatic heterocycles. The molecule has 8 heteroatoms. The van der Waals surface area contributed by atoms with Crippen molar-refractivity contribution in [2.24, 2.45) is 11.7 Å². The van der Waals surface area contributed by atoms with Gasteiger partial charge in [0.15, 0.2) is 0 Å². The molecule has 2 heterocycles. The van der Waals surface area contributed by atoms with E-state index in [9.17, 15) is 4.79 Å². The van der Waals surface area contributed by atoms with Gasteiger partial charge in [0.05, 0.1) is 16.7 Å². The van der Waals surface area contributed by atoms with Crippen LogP contribution in [0.4, 0.5) is 0 Å². The number of rotatable bonds is 6. The highest BCUT2D eigenvalue weighted by atomic mass is 35.5. The van der Waals surface area contributed by atoms with E-state index >= 15 is 0 Å². The lowest BCUT2D eigenvalue weighted by atomic mass is 9.96. The number of amides is 1. The Labute approximate surface area is 155 Å². The zero-order valence-electron chi connectivity index (χ0n) is 13.8. The van der Waals surface area contributed by atoms with Gasteiger partial charge in [-0.1, -0.05) is 6.92 Å². The molecule has 5 nitrogen and oxygen atoms in total. The molecular weight excluding hydrogens is 355 g/mol. The zero-order chi connectivity index (χ0) is 15.2. The Hall–Kier alpha value is -0.400. The van der Waals surface area contributed by atoms with E-state index in [1.54, 1.807) is 18.3 Å². The number of piperidine rings is 1. The number of nitrogens with two attached hydrogens (primary N) is 1. The lowest BCUT2D eigenvalue weighted by molar-refractivity contribution is -0.122. The maximum Gasteiger partial charge on any atom is 0.236 e. The normalized spacial score (nSPS) is 17.0. The van der Waals surface area contributed by atoms with Gasteiger partial charge in [-0.25, -0.2) is 4.98 Å². The number of carbonyl (C=O) groups is 1. The van der Waals surface area contributed by atoms with E-state index in [4.69, 9.17) is 5.73 Å². The van der Waals surface area contributed by atoms with Crippen LogP contribution in [0.1, 0.15) is 37.4 Å². The largest absolute Gasteiger partial charge is 0.354 e. The first-order valence-corrected chi connectivity index (χ1v) is 8.65. The number of halogens is 2. The van der Waals surface area contributed by atoms with Crippen LogP contribution in [0, 0.1) is 5.92 Å².